The van der Waals surface area contributed by atoms with Crippen molar-refractivity contribution in [3.05, 3.63) is 0 Å². The van der Waals surface area contributed by atoms with Crippen molar-refractivity contribution in [1.29, 1.82) is 0 Å². The van der Waals surface area contributed by atoms with Gasteiger partial charge in [0.2, 0.25) is 0 Å². The molecule has 12 nitrogen and oxygen atoms in total. The summed E-state index contributed by atoms with van der Waals surface area (Å²) in [6, 6.07) is 0. The third-order valence-electron chi connectivity index (χ3n) is 9.74. The molecule has 0 saturated carbocycles. The minimum Gasteiger partial charge on any atom is -0.790 e. The molecule has 0 unspecified atom stereocenters. The Hall–Kier alpha value is 3.08. The maximum Gasteiger partial charge on any atom is 3.00 e. The molecule has 17 heteroatoms. The van der Waals surface area contributed by atoms with Crippen molar-refractivity contribution in [3.8, 4) is 0 Å². The van der Waals surface area contributed by atoms with Gasteiger partial charge in [0.15, 0.2) is 0 Å². The first-order chi connectivity index (χ1) is 27.2. The van der Waals surface area contributed by atoms with E-state index in [0.29, 0.717) is 19.3 Å². The summed E-state index contributed by atoms with van der Waals surface area (Å²) in [7, 11) is -14.2. The molecular formula is C42H87Ce2O12P3. The van der Waals surface area contributed by atoms with Gasteiger partial charge >= 0.3 is 83.5 Å². The first kappa shape index (κ1) is 71.1. The second-order valence-electron chi connectivity index (χ2n) is 15.5. The van der Waals surface area contributed by atoms with Crippen molar-refractivity contribution in [2.75, 3.05) is 19.8 Å². The summed E-state index contributed by atoms with van der Waals surface area (Å²) >= 11 is 0. The Bertz CT molecular complexity index is 809. The summed E-state index contributed by atoms with van der Waals surface area (Å²) < 4.78 is 43.0. The third kappa shape index (κ3) is 81.7. The van der Waals surface area contributed by atoms with E-state index >= 15 is 0 Å². The predicted molar refractivity (Wildman–Crippen MR) is 224 cm³/mol. The number of rotatable bonds is 42. The molecule has 59 heavy (non-hydrogen) atoms. The van der Waals surface area contributed by atoms with E-state index in [1.54, 1.807) is 0 Å². The molecule has 0 fully saturated rings. The van der Waals surface area contributed by atoms with Crippen LogP contribution in [0.4, 0.5) is 0 Å². The smallest absolute Gasteiger partial charge is 0.790 e. The number of unbranched alkanes of at least 4 members (excludes halogenated alkanes) is 33. The first-order valence-corrected chi connectivity index (χ1v) is 27.6. The van der Waals surface area contributed by atoms with Crippen molar-refractivity contribution in [3.63, 3.8) is 0 Å². The quantitative estimate of drug-likeness (QED) is 0.0412. The SMILES string of the molecule is CCCCCCCCCCCCCCOP(=O)([O-])[O-].CCCCCCCCCCCCCCOP(=O)([O-])[O-].CCCCCCCCCCCCCCOP(=O)([O-])[O-].[Ce+3].[Ce+3]. The minimum atomic E-state index is -4.75. The zero-order valence-electron chi connectivity index (χ0n) is 37.8. The minimum absolute atomic E-state index is 0. The second kappa shape index (κ2) is 55.4. The van der Waals surface area contributed by atoms with Crippen LogP contribution in [-0.4, -0.2) is 19.8 Å². The second-order valence-corrected chi connectivity index (χ2v) is 19.0. The van der Waals surface area contributed by atoms with Crippen LogP contribution in [-0.2, 0) is 27.3 Å². The summed E-state index contributed by atoms with van der Waals surface area (Å²) in [5.74, 6) is 0. The first-order valence-electron chi connectivity index (χ1n) is 23.2. The number of phosphoric ester groups is 3. The van der Waals surface area contributed by atoms with E-state index in [9.17, 15) is 43.1 Å². The van der Waals surface area contributed by atoms with Gasteiger partial charge in [-0.25, -0.2) is 0 Å². The summed E-state index contributed by atoms with van der Waals surface area (Å²) in [6.07, 6.45) is 43.7. The molecule has 0 rings (SSSR count). The molecule has 0 N–H and O–H groups in total. The average Bonchev–Trinajstić information content (AvgIpc) is 3.13. The summed E-state index contributed by atoms with van der Waals surface area (Å²) in [6.45, 7) is 6.83. The molecule has 0 spiro atoms. The fourth-order valence-electron chi connectivity index (χ4n) is 6.36. The topological polar surface area (TPSA) is 217 Å². The molecule has 0 bridgehead atoms. The predicted octanol–water partition coefficient (Wildman–Crippen LogP) is 10.6. The zero-order chi connectivity index (χ0) is 43.2. The fourth-order valence-corrected chi connectivity index (χ4v) is 7.42. The maximum absolute atomic E-state index is 10.2. The van der Waals surface area contributed by atoms with Crippen LogP contribution in [0.1, 0.15) is 252 Å². The van der Waals surface area contributed by atoms with E-state index < -0.39 is 23.5 Å². The van der Waals surface area contributed by atoms with Crippen LogP contribution in [0.15, 0.2) is 0 Å². The van der Waals surface area contributed by atoms with Gasteiger partial charge in [-0.1, -0.05) is 233 Å². The molecule has 0 atom stereocenters. The van der Waals surface area contributed by atoms with E-state index in [2.05, 4.69) is 34.3 Å². The third-order valence-corrected chi connectivity index (χ3v) is 11.2. The molecule has 0 aliphatic rings. The Kier molecular flexibility index (Phi) is 66.8. The molecule has 0 aromatic heterocycles. The van der Waals surface area contributed by atoms with Crippen LogP contribution >= 0.6 is 23.5 Å². The Balaban J connectivity index is -0.000000243. The maximum atomic E-state index is 10.2. The van der Waals surface area contributed by atoms with Crippen LogP contribution in [0, 0.1) is 83.5 Å². The van der Waals surface area contributed by atoms with Crippen molar-refractivity contribution in [2.45, 2.75) is 252 Å². The summed E-state index contributed by atoms with van der Waals surface area (Å²) in [4.78, 5) is 61.1. The van der Waals surface area contributed by atoms with E-state index in [-0.39, 0.29) is 103 Å². The van der Waals surface area contributed by atoms with Gasteiger partial charge in [0.1, 0.15) is 0 Å². The molecule has 0 amide bonds. The molecule has 0 aliphatic heterocycles. The molecular weight excluding hydrogens is 1070 g/mol. The number of phosphoric acid groups is 3. The van der Waals surface area contributed by atoms with E-state index in [4.69, 9.17) is 0 Å². The fraction of sp³-hybridized carbons (Fsp3) is 1.00. The van der Waals surface area contributed by atoms with Gasteiger partial charge in [0.05, 0.1) is 43.3 Å². The summed E-state index contributed by atoms with van der Waals surface area (Å²) in [5.41, 5.74) is 0. The van der Waals surface area contributed by atoms with Gasteiger partial charge in [0, 0.05) is 0 Å². The molecule has 0 heterocycles. The molecule has 0 saturated heterocycles. The Labute approximate surface area is 430 Å². The molecule has 0 aromatic rings. The largest absolute Gasteiger partial charge is 3.00 e. The van der Waals surface area contributed by atoms with Crippen LogP contribution in [0.2, 0.25) is 0 Å². The average molecular weight is 1160 g/mol. The van der Waals surface area contributed by atoms with Crippen molar-refractivity contribution in [2.24, 2.45) is 0 Å². The standard InChI is InChI=1S/3C14H31O4P.2Ce/c3*1-2-3-4-5-6-7-8-9-10-11-12-13-14-18-19(15,16)17;;/h3*2-14H2,1H3,(H2,15,16,17);;/q;;;2*+3/p-6. The van der Waals surface area contributed by atoms with Crippen LogP contribution < -0.4 is 29.4 Å². The van der Waals surface area contributed by atoms with E-state index in [1.165, 1.54) is 173 Å². The molecule has 2 radical (unpaired) electrons. The van der Waals surface area contributed by atoms with Gasteiger partial charge in [-0.2, -0.15) is 0 Å². The van der Waals surface area contributed by atoms with Crippen LogP contribution in [0.5, 0.6) is 0 Å². The van der Waals surface area contributed by atoms with Crippen molar-refractivity contribution in [1.82, 2.24) is 0 Å². The monoisotopic (exact) mass is 1160 g/mol. The molecule has 350 valence electrons. The van der Waals surface area contributed by atoms with Crippen molar-refractivity contribution >= 4 is 23.5 Å². The number of hydrogen-bond donors (Lipinski definition) is 0. The Morgan fingerprint density at radius 2 is 0.373 bits per heavy atom. The van der Waals surface area contributed by atoms with Gasteiger partial charge in [0.25, 0.3) is 0 Å². The van der Waals surface area contributed by atoms with E-state index in [0.717, 1.165) is 38.5 Å². The Morgan fingerprint density at radius 3 is 0.492 bits per heavy atom. The number of hydrogen-bond acceptors (Lipinski definition) is 12. The van der Waals surface area contributed by atoms with Crippen LogP contribution in [0.3, 0.4) is 0 Å². The normalized spacial score (nSPS) is 11.5. The van der Waals surface area contributed by atoms with E-state index in [1.807, 2.05) is 0 Å². The van der Waals surface area contributed by atoms with Gasteiger partial charge in [-0.15, -0.1) is 0 Å². The molecule has 0 aromatic carbocycles. The zero-order valence-corrected chi connectivity index (χ0v) is 46.8. The van der Waals surface area contributed by atoms with Gasteiger partial charge in [-0.05, 0) is 19.3 Å². The van der Waals surface area contributed by atoms with Crippen LogP contribution in [0.25, 0.3) is 0 Å². The Morgan fingerprint density at radius 1 is 0.254 bits per heavy atom. The van der Waals surface area contributed by atoms with Gasteiger partial charge in [-0.3, -0.25) is 0 Å². The van der Waals surface area contributed by atoms with Crippen molar-refractivity contribution < 1.29 is 140 Å². The molecule has 0 aliphatic carbocycles. The summed E-state index contributed by atoms with van der Waals surface area (Å²) in [5, 5.41) is 0. The van der Waals surface area contributed by atoms with Gasteiger partial charge < -0.3 is 56.6 Å².